The second-order valence-corrected chi connectivity index (χ2v) is 5.19. The third kappa shape index (κ3) is 3.17. The lowest BCUT2D eigenvalue weighted by Gasteiger charge is -1.97. The van der Waals surface area contributed by atoms with Gasteiger partial charge in [-0.15, -0.1) is 10.2 Å². The van der Waals surface area contributed by atoms with E-state index in [4.69, 9.17) is 13.9 Å². The average molecular weight is 320 g/mol. The Bertz CT molecular complexity index is 845. The van der Waals surface area contributed by atoms with Gasteiger partial charge in [0.25, 0.3) is 5.22 Å². The molecule has 1 N–H and O–H groups in total. The van der Waals surface area contributed by atoms with Crippen LogP contribution in [0.4, 0.5) is 4.39 Å². The van der Waals surface area contributed by atoms with Crippen LogP contribution in [0.2, 0.25) is 0 Å². The molecule has 3 rings (SSSR count). The van der Waals surface area contributed by atoms with Gasteiger partial charge >= 0.3 is 0 Å². The maximum Gasteiger partial charge on any atom is 0.277 e. The Morgan fingerprint density at radius 3 is 2.73 bits per heavy atom. The molecule has 0 bridgehead atoms. The number of benzene rings is 1. The van der Waals surface area contributed by atoms with E-state index in [1.807, 2.05) is 0 Å². The van der Waals surface area contributed by atoms with E-state index in [0.29, 0.717) is 17.1 Å². The average Bonchev–Trinajstić information content (AvgIpc) is 2.98. The third-order valence-electron chi connectivity index (χ3n) is 2.70. The Labute approximate surface area is 127 Å². The zero-order chi connectivity index (χ0) is 15.5. The third-order valence-corrected chi connectivity index (χ3v) is 3.54. The Kier molecular flexibility index (Phi) is 3.92. The maximum atomic E-state index is 12.9. The van der Waals surface area contributed by atoms with Crippen LogP contribution in [0.3, 0.4) is 0 Å². The summed E-state index contributed by atoms with van der Waals surface area (Å²) in [6.45, 7) is 0. The van der Waals surface area contributed by atoms with Gasteiger partial charge in [-0.2, -0.15) is 0 Å². The molecule has 0 fully saturated rings. The molecule has 6 nitrogen and oxygen atoms in total. The topological polar surface area (TPSA) is 89.4 Å². The molecule has 0 aliphatic heterocycles. The van der Waals surface area contributed by atoms with Crippen molar-refractivity contribution in [3.05, 3.63) is 58.4 Å². The van der Waals surface area contributed by atoms with Crippen LogP contribution in [0.1, 0.15) is 5.76 Å². The quantitative estimate of drug-likeness (QED) is 0.739. The van der Waals surface area contributed by atoms with E-state index >= 15 is 0 Å². The molecule has 22 heavy (non-hydrogen) atoms. The number of aromatic hydroxyl groups is 1. The van der Waals surface area contributed by atoms with Gasteiger partial charge in [0.15, 0.2) is 5.75 Å². The van der Waals surface area contributed by atoms with Crippen molar-refractivity contribution in [2.45, 2.75) is 11.0 Å². The summed E-state index contributed by atoms with van der Waals surface area (Å²) in [7, 11) is 0. The summed E-state index contributed by atoms with van der Waals surface area (Å²) in [5.74, 6) is 0.148. The molecule has 0 unspecified atom stereocenters. The first kappa shape index (κ1) is 14.3. The highest BCUT2D eigenvalue weighted by molar-refractivity contribution is 7.98. The van der Waals surface area contributed by atoms with Crippen molar-refractivity contribution in [2.24, 2.45) is 0 Å². The fourth-order valence-electron chi connectivity index (χ4n) is 1.63. The standard InChI is InChI=1S/C14H9FN2O4S/c15-9-3-1-8(2-4-9)13-16-17-14(21-13)22-7-10-5-11(18)12(19)6-20-10/h1-6,19H,7H2. The van der Waals surface area contributed by atoms with Crippen molar-refractivity contribution < 1.29 is 18.3 Å². The summed E-state index contributed by atoms with van der Waals surface area (Å²) in [4.78, 5) is 11.3. The predicted molar refractivity (Wildman–Crippen MR) is 75.9 cm³/mol. The van der Waals surface area contributed by atoms with Gasteiger partial charge in [0, 0.05) is 11.6 Å². The van der Waals surface area contributed by atoms with Gasteiger partial charge in [-0.25, -0.2) is 4.39 Å². The lowest BCUT2D eigenvalue weighted by atomic mass is 10.2. The molecule has 0 aliphatic rings. The van der Waals surface area contributed by atoms with Crippen molar-refractivity contribution in [3.63, 3.8) is 0 Å². The second-order valence-electron chi connectivity index (χ2n) is 4.26. The summed E-state index contributed by atoms with van der Waals surface area (Å²) in [6, 6.07) is 6.88. The minimum absolute atomic E-state index is 0.273. The van der Waals surface area contributed by atoms with Gasteiger partial charge in [-0.05, 0) is 24.3 Å². The van der Waals surface area contributed by atoms with Crippen molar-refractivity contribution in [3.8, 4) is 17.2 Å². The minimum Gasteiger partial charge on any atom is -0.502 e. The number of hydrogen-bond donors (Lipinski definition) is 1. The van der Waals surface area contributed by atoms with E-state index in [9.17, 15) is 9.18 Å². The Hall–Kier alpha value is -2.61. The highest BCUT2D eigenvalue weighted by Crippen LogP contribution is 2.25. The number of rotatable bonds is 4. The van der Waals surface area contributed by atoms with Crippen LogP contribution in [0, 0.1) is 5.82 Å². The predicted octanol–water partition coefficient (Wildman–Crippen LogP) is 2.83. The smallest absolute Gasteiger partial charge is 0.277 e. The molecule has 2 heterocycles. The molecular formula is C14H9FN2O4S. The van der Waals surface area contributed by atoms with E-state index in [2.05, 4.69) is 10.2 Å². The van der Waals surface area contributed by atoms with Gasteiger partial charge in [0.2, 0.25) is 11.3 Å². The van der Waals surface area contributed by atoms with E-state index in [-0.39, 0.29) is 16.9 Å². The molecule has 0 radical (unpaired) electrons. The fraction of sp³-hybridized carbons (Fsp3) is 0.0714. The zero-order valence-electron chi connectivity index (χ0n) is 11.0. The van der Waals surface area contributed by atoms with Crippen molar-refractivity contribution in [1.29, 1.82) is 0 Å². The molecule has 1 aromatic carbocycles. The molecule has 0 amide bonds. The first-order valence-corrected chi connectivity index (χ1v) is 7.13. The Morgan fingerprint density at radius 1 is 1.23 bits per heavy atom. The summed E-state index contributed by atoms with van der Waals surface area (Å²) in [6.07, 6.45) is 0.982. The molecule has 0 atom stereocenters. The molecular weight excluding hydrogens is 311 g/mol. The van der Waals surface area contributed by atoms with E-state index in [1.165, 1.54) is 42.1 Å². The highest BCUT2D eigenvalue weighted by atomic mass is 32.2. The Morgan fingerprint density at radius 2 is 2.00 bits per heavy atom. The molecule has 0 saturated heterocycles. The van der Waals surface area contributed by atoms with Crippen LogP contribution >= 0.6 is 11.8 Å². The van der Waals surface area contributed by atoms with Crippen LogP contribution in [0.15, 0.2) is 55.4 Å². The highest BCUT2D eigenvalue weighted by Gasteiger charge is 2.10. The summed E-state index contributed by atoms with van der Waals surface area (Å²) < 4.78 is 23.3. The van der Waals surface area contributed by atoms with Crippen LogP contribution in [-0.2, 0) is 5.75 Å². The fourth-order valence-corrected chi connectivity index (χ4v) is 2.28. The number of nitrogens with zero attached hydrogens (tertiary/aromatic N) is 2. The Balaban J connectivity index is 1.70. The zero-order valence-corrected chi connectivity index (χ0v) is 11.8. The molecule has 3 aromatic rings. The van der Waals surface area contributed by atoms with Gasteiger partial charge in [-0.3, -0.25) is 4.79 Å². The molecule has 112 valence electrons. The summed E-state index contributed by atoms with van der Waals surface area (Å²) in [5.41, 5.74) is 0.0938. The van der Waals surface area contributed by atoms with Crippen LogP contribution in [-0.4, -0.2) is 15.3 Å². The van der Waals surface area contributed by atoms with Crippen molar-refractivity contribution in [1.82, 2.24) is 10.2 Å². The lowest BCUT2D eigenvalue weighted by Crippen LogP contribution is -1.98. The summed E-state index contributed by atoms with van der Waals surface area (Å²) in [5, 5.41) is 17.1. The van der Waals surface area contributed by atoms with Crippen LogP contribution in [0.25, 0.3) is 11.5 Å². The maximum absolute atomic E-state index is 12.9. The molecule has 0 spiro atoms. The van der Waals surface area contributed by atoms with Gasteiger partial charge in [-0.1, -0.05) is 11.8 Å². The first-order valence-electron chi connectivity index (χ1n) is 6.15. The van der Waals surface area contributed by atoms with Crippen molar-refractivity contribution >= 4 is 11.8 Å². The monoisotopic (exact) mass is 320 g/mol. The normalized spacial score (nSPS) is 10.8. The number of aromatic nitrogens is 2. The van der Waals surface area contributed by atoms with E-state index < -0.39 is 11.2 Å². The lowest BCUT2D eigenvalue weighted by molar-refractivity contribution is 0.418. The van der Waals surface area contributed by atoms with Crippen molar-refractivity contribution in [2.75, 3.05) is 0 Å². The van der Waals surface area contributed by atoms with E-state index in [0.717, 1.165) is 6.26 Å². The number of thioether (sulfide) groups is 1. The van der Waals surface area contributed by atoms with Gasteiger partial charge in [0.05, 0.1) is 5.75 Å². The molecule has 8 heteroatoms. The van der Waals surface area contributed by atoms with E-state index in [1.54, 1.807) is 0 Å². The molecule has 0 aliphatic carbocycles. The summed E-state index contributed by atoms with van der Waals surface area (Å²) >= 11 is 1.18. The first-order chi connectivity index (χ1) is 10.6. The second kappa shape index (κ2) is 6.02. The SMILES string of the molecule is O=c1cc(CSc2nnc(-c3ccc(F)cc3)o2)occ1O. The molecule has 0 saturated carbocycles. The minimum atomic E-state index is -0.514. The largest absolute Gasteiger partial charge is 0.502 e. The number of halogens is 1. The van der Waals surface area contributed by atoms with Gasteiger partial charge < -0.3 is 13.9 Å². The molecule has 2 aromatic heterocycles. The number of hydrogen-bond acceptors (Lipinski definition) is 7. The van der Waals surface area contributed by atoms with Crippen LogP contribution < -0.4 is 5.43 Å². The van der Waals surface area contributed by atoms with Crippen LogP contribution in [0.5, 0.6) is 5.75 Å². The van der Waals surface area contributed by atoms with Gasteiger partial charge in [0.1, 0.15) is 17.8 Å².